The molecule has 5 nitrogen and oxygen atoms in total. The molecule has 1 rings (SSSR count). The Bertz CT molecular complexity index is 391. The largest absolute Gasteiger partial charge is 0.336 e. The van der Waals surface area contributed by atoms with Gasteiger partial charge in [-0.2, -0.15) is 0 Å². The van der Waals surface area contributed by atoms with E-state index in [4.69, 9.17) is 11.6 Å². The van der Waals surface area contributed by atoms with Gasteiger partial charge < -0.3 is 4.90 Å². The number of nitrogens with one attached hydrogen (secondary N) is 2. The van der Waals surface area contributed by atoms with E-state index in [1.165, 1.54) is 0 Å². The van der Waals surface area contributed by atoms with Gasteiger partial charge >= 0.3 is 6.03 Å². The van der Waals surface area contributed by atoms with Gasteiger partial charge in [-0.05, 0) is 39.0 Å². The fourth-order valence-corrected chi connectivity index (χ4v) is 2.38. The van der Waals surface area contributed by atoms with E-state index in [1.807, 2.05) is 11.8 Å². The van der Waals surface area contributed by atoms with Crippen LogP contribution in [0.15, 0.2) is 15.8 Å². The average Bonchev–Trinajstić information content (AvgIpc) is 2.38. The molecule has 0 radical (unpaired) electrons. The summed E-state index contributed by atoms with van der Waals surface area (Å²) in [6.45, 7) is 8.80. The molecule has 6 heteroatoms. The zero-order chi connectivity index (χ0) is 15.1. The van der Waals surface area contributed by atoms with Gasteiger partial charge in [0, 0.05) is 18.8 Å². The van der Waals surface area contributed by atoms with Gasteiger partial charge in [-0.1, -0.05) is 25.4 Å². The number of allylic oxidation sites excluding steroid dienone is 1. The molecule has 20 heavy (non-hydrogen) atoms. The van der Waals surface area contributed by atoms with E-state index >= 15 is 0 Å². The molecule has 0 aromatic rings. The molecule has 0 aliphatic carbocycles. The lowest BCUT2D eigenvalue weighted by molar-refractivity contribution is 0.137. The van der Waals surface area contributed by atoms with Crippen molar-refractivity contribution in [3.05, 3.63) is 10.9 Å². The standard InChI is InChI=1S/C14H25ClN4O/c1-5-7-16-13(12(4)15)17-18-14(20)19-8-6-10(2)9-11(19)3/h7,10-11,17H,5-6,8-9H2,1-4H3,(H,18,20)/b13-12-,16-7-. The van der Waals surface area contributed by atoms with Gasteiger partial charge in [-0.3, -0.25) is 10.9 Å². The molecule has 0 saturated carbocycles. The van der Waals surface area contributed by atoms with Gasteiger partial charge in [0.1, 0.15) is 0 Å². The first-order chi connectivity index (χ1) is 9.45. The summed E-state index contributed by atoms with van der Waals surface area (Å²) in [4.78, 5) is 18.2. The Morgan fingerprint density at radius 3 is 2.70 bits per heavy atom. The summed E-state index contributed by atoms with van der Waals surface area (Å²) in [6.07, 6.45) is 4.64. The van der Waals surface area contributed by atoms with Crippen LogP contribution in [-0.2, 0) is 0 Å². The first-order valence-electron chi connectivity index (χ1n) is 7.17. The number of likely N-dealkylation sites (tertiary alicyclic amines) is 1. The molecule has 1 aliphatic heterocycles. The summed E-state index contributed by atoms with van der Waals surface area (Å²) < 4.78 is 0. The topological polar surface area (TPSA) is 56.7 Å². The summed E-state index contributed by atoms with van der Waals surface area (Å²) in [7, 11) is 0. The Morgan fingerprint density at radius 1 is 1.45 bits per heavy atom. The molecule has 0 aromatic carbocycles. The monoisotopic (exact) mass is 300 g/mol. The third kappa shape index (κ3) is 5.04. The van der Waals surface area contributed by atoms with Crippen molar-refractivity contribution in [1.29, 1.82) is 0 Å². The minimum Gasteiger partial charge on any atom is -0.321 e. The van der Waals surface area contributed by atoms with Crippen molar-refractivity contribution in [1.82, 2.24) is 15.8 Å². The van der Waals surface area contributed by atoms with Crippen molar-refractivity contribution in [2.75, 3.05) is 6.54 Å². The molecule has 0 aromatic heterocycles. The van der Waals surface area contributed by atoms with E-state index in [-0.39, 0.29) is 12.1 Å². The van der Waals surface area contributed by atoms with Crippen LogP contribution in [0, 0.1) is 5.92 Å². The Labute approximate surface area is 126 Å². The van der Waals surface area contributed by atoms with E-state index in [9.17, 15) is 4.79 Å². The second kappa shape index (κ2) is 8.15. The van der Waals surface area contributed by atoms with Gasteiger partial charge in [0.25, 0.3) is 0 Å². The van der Waals surface area contributed by atoms with Crippen LogP contribution in [-0.4, -0.2) is 29.7 Å². The number of nitrogens with zero attached hydrogens (tertiary/aromatic N) is 2. The minimum absolute atomic E-state index is 0.133. The second-order valence-corrected chi connectivity index (χ2v) is 5.90. The van der Waals surface area contributed by atoms with Crippen LogP contribution in [0.2, 0.25) is 0 Å². The molecule has 1 fully saturated rings. The fraction of sp³-hybridized carbons (Fsp3) is 0.714. The first kappa shape index (κ1) is 16.8. The smallest absolute Gasteiger partial charge is 0.321 e. The van der Waals surface area contributed by atoms with E-state index < -0.39 is 0 Å². The van der Waals surface area contributed by atoms with E-state index in [1.54, 1.807) is 13.1 Å². The minimum atomic E-state index is -0.133. The van der Waals surface area contributed by atoms with Gasteiger partial charge in [0.15, 0.2) is 5.82 Å². The van der Waals surface area contributed by atoms with Crippen LogP contribution < -0.4 is 10.9 Å². The van der Waals surface area contributed by atoms with Crippen molar-refractivity contribution >= 4 is 23.8 Å². The molecule has 1 heterocycles. The Morgan fingerprint density at radius 2 is 2.15 bits per heavy atom. The number of carbonyl (C=O) groups excluding carboxylic acids is 1. The number of hydrogen-bond acceptors (Lipinski definition) is 3. The highest BCUT2D eigenvalue weighted by Crippen LogP contribution is 2.21. The Hall–Kier alpha value is -1.23. The molecule has 1 saturated heterocycles. The van der Waals surface area contributed by atoms with Crippen molar-refractivity contribution in [2.45, 2.75) is 53.0 Å². The second-order valence-electron chi connectivity index (χ2n) is 5.33. The normalized spacial score (nSPS) is 24.6. The Balaban J connectivity index is 2.54. The highest BCUT2D eigenvalue weighted by Gasteiger charge is 2.26. The number of urea groups is 1. The first-order valence-corrected chi connectivity index (χ1v) is 7.55. The molecule has 2 amide bonds. The third-order valence-corrected chi connectivity index (χ3v) is 3.60. The molecule has 2 unspecified atom stereocenters. The predicted octanol–water partition coefficient (Wildman–Crippen LogP) is 3.23. The van der Waals surface area contributed by atoms with Crippen LogP contribution in [0.5, 0.6) is 0 Å². The molecule has 114 valence electrons. The molecule has 0 spiro atoms. The SMILES string of the molecule is CC/C=N\C(NNC(=O)N1CCC(C)CC1C)=C(/C)Cl. The van der Waals surface area contributed by atoms with Crippen LogP contribution in [0.25, 0.3) is 0 Å². The lowest BCUT2D eigenvalue weighted by atomic mass is 9.94. The number of hydrogen-bond donors (Lipinski definition) is 2. The number of rotatable bonds is 4. The average molecular weight is 301 g/mol. The maximum atomic E-state index is 12.2. The van der Waals surface area contributed by atoms with Gasteiger partial charge in [0.2, 0.25) is 0 Å². The fourth-order valence-electron chi connectivity index (χ4n) is 2.28. The van der Waals surface area contributed by atoms with Crippen molar-refractivity contribution in [2.24, 2.45) is 10.9 Å². The maximum Gasteiger partial charge on any atom is 0.336 e. The van der Waals surface area contributed by atoms with Crippen molar-refractivity contribution < 1.29 is 4.79 Å². The maximum absolute atomic E-state index is 12.2. The quantitative estimate of drug-likeness (QED) is 0.618. The zero-order valence-electron chi connectivity index (χ0n) is 12.7. The highest BCUT2D eigenvalue weighted by molar-refractivity contribution is 6.29. The van der Waals surface area contributed by atoms with Crippen LogP contribution in [0.3, 0.4) is 0 Å². The Kier molecular flexibility index (Phi) is 6.85. The van der Waals surface area contributed by atoms with Crippen molar-refractivity contribution in [3.63, 3.8) is 0 Å². The molecule has 2 atom stereocenters. The molecule has 1 aliphatic rings. The summed E-state index contributed by atoms with van der Waals surface area (Å²) in [6, 6.07) is 0.121. The van der Waals surface area contributed by atoms with Gasteiger partial charge in [-0.25, -0.2) is 9.79 Å². The number of halogens is 1. The summed E-state index contributed by atoms with van der Waals surface area (Å²) in [5.41, 5.74) is 5.46. The third-order valence-electron chi connectivity index (χ3n) is 3.42. The molecule has 0 bridgehead atoms. The summed E-state index contributed by atoms with van der Waals surface area (Å²) in [5.74, 6) is 1.15. The number of hydrazine groups is 1. The number of piperidine rings is 1. The number of carbonyl (C=O) groups is 1. The highest BCUT2D eigenvalue weighted by atomic mass is 35.5. The van der Waals surface area contributed by atoms with Crippen molar-refractivity contribution in [3.8, 4) is 0 Å². The number of aliphatic imine (C=N–C) groups is 1. The van der Waals surface area contributed by atoms with E-state index in [0.29, 0.717) is 16.8 Å². The van der Waals surface area contributed by atoms with E-state index in [0.717, 1.165) is 25.8 Å². The van der Waals surface area contributed by atoms with Crippen LogP contribution in [0.4, 0.5) is 4.79 Å². The molecule has 2 N–H and O–H groups in total. The number of amides is 2. The van der Waals surface area contributed by atoms with Gasteiger partial charge in [0.05, 0.1) is 5.03 Å². The lowest BCUT2D eigenvalue weighted by Gasteiger charge is -2.36. The van der Waals surface area contributed by atoms with Gasteiger partial charge in [-0.15, -0.1) is 0 Å². The summed E-state index contributed by atoms with van der Waals surface area (Å²) in [5, 5.41) is 0.510. The van der Waals surface area contributed by atoms with Crippen LogP contribution >= 0.6 is 11.6 Å². The predicted molar refractivity (Wildman–Crippen MR) is 83.6 cm³/mol. The van der Waals surface area contributed by atoms with E-state index in [2.05, 4.69) is 29.7 Å². The zero-order valence-corrected chi connectivity index (χ0v) is 13.5. The molecular weight excluding hydrogens is 276 g/mol. The lowest BCUT2D eigenvalue weighted by Crippen LogP contribution is -2.52. The molecular formula is C14H25ClN4O. The summed E-state index contributed by atoms with van der Waals surface area (Å²) >= 11 is 5.94. The van der Waals surface area contributed by atoms with Crippen LogP contribution in [0.1, 0.15) is 47.0 Å².